The summed E-state index contributed by atoms with van der Waals surface area (Å²) in [5.74, 6) is -0.140. The van der Waals surface area contributed by atoms with Crippen molar-refractivity contribution in [1.29, 1.82) is 0 Å². The normalized spacial score (nSPS) is 14.2. The average Bonchev–Trinajstić information content (AvgIpc) is 2.61. The Bertz CT molecular complexity index is 485. The molecule has 96 valence electrons. The lowest BCUT2D eigenvalue weighted by Gasteiger charge is -2.18. The molecule has 0 aliphatic carbocycles. The van der Waals surface area contributed by atoms with E-state index in [2.05, 4.69) is 0 Å². The molecule has 0 aromatic heterocycles. The van der Waals surface area contributed by atoms with Gasteiger partial charge in [0.15, 0.2) is 0 Å². The van der Waals surface area contributed by atoms with Crippen LogP contribution >= 0.6 is 11.6 Å². The number of hydrogen-bond acceptors (Lipinski definition) is 2. The van der Waals surface area contributed by atoms with Crippen LogP contribution in [-0.4, -0.2) is 24.1 Å². The van der Waals surface area contributed by atoms with Gasteiger partial charge in [-0.1, -0.05) is 18.6 Å². The van der Waals surface area contributed by atoms with Crippen molar-refractivity contribution >= 4 is 29.0 Å². The van der Waals surface area contributed by atoms with Gasteiger partial charge in [-0.3, -0.25) is 9.59 Å². The molecular formula is C14H16ClNO2. The highest BCUT2D eigenvalue weighted by Crippen LogP contribution is 2.32. The molecule has 0 saturated heterocycles. The summed E-state index contributed by atoms with van der Waals surface area (Å²) in [7, 11) is 0. The summed E-state index contributed by atoms with van der Waals surface area (Å²) < 4.78 is 0. The summed E-state index contributed by atoms with van der Waals surface area (Å²) in [6.07, 6.45) is 2.79. The van der Waals surface area contributed by atoms with E-state index in [0.717, 1.165) is 30.5 Å². The molecule has 1 aromatic carbocycles. The lowest BCUT2D eigenvalue weighted by atomic mass is 10.1. The molecule has 0 bridgehead atoms. The van der Waals surface area contributed by atoms with E-state index in [-0.39, 0.29) is 5.78 Å². The van der Waals surface area contributed by atoms with Crippen molar-refractivity contribution in [2.24, 2.45) is 0 Å². The molecule has 1 heterocycles. The second kappa shape index (κ2) is 5.53. The minimum absolute atomic E-state index is 0.383. The second-order valence-electron chi connectivity index (χ2n) is 4.51. The van der Waals surface area contributed by atoms with Gasteiger partial charge in [0.1, 0.15) is 0 Å². The van der Waals surface area contributed by atoms with E-state index < -0.39 is 5.91 Å². The molecule has 0 saturated carbocycles. The van der Waals surface area contributed by atoms with Gasteiger partial charge in [-0.2, -0.15) is 0 Å². The zero-order chi connectivity index (χ0) is 13.1. The van der Waals surface area contributed by atoms with Crippen molar-refractivity contribution in [3.63, 3.8) is 0 Å². The van der Waals surface area contributed by atoms with Gasteiger partial charge in [0.05, 0.1) is 11.3 Å². The fourth-order valence-electron chi connectivity index (χ4n) is 2.29. The molecule has 4 heteroatoms. The second-order valence-corrected chi connectivity index (χ2v) is 4.88. The fraction of sp³-hybridized carbons (Fsp3) is 0.429. The number of amides is 1. The van der Waals surface area contributed by atoms with Crippen LogP contribution in [0, 0.1) is 6.92 Å². The topological polar surface area (TPSA) is 37.4 Å². The first-order valence-electron chi connectivity index (χ1n) is 6.18. The highest BCUT2D eigenvalue weighted by atomic mass is 35.5. The molecule has 0 atom stereocenters. The molecule has 1 aliphatic rings. The van der Waals surface area contributed by atoms with E-state index in [1.165, 1.54) is 0 Å². The largest absolute Gasteiger partial charge is 0.304 e. The Morgan fingerprint density at radius 3 is 2.67 bits per heavy atom. The number of alkyl halides is 1. The number of ketones is 1. The van der Waals surface area contributed by atoms with Crippen molar-refractivity contribution in [2.75, 3.05) is 17.3 Å². The zero-order valence-corrected chi connectivity index (χ0v) is 11.2. The highest BCUT2D eigenvalue weighted by Gasteiger charge is 2.36. The van der Waals surface area contributed by atoms with Gasteiger partial charge in [-0.05, 0) is 31.4 Å². The van der Waals surface area contributed by atoms with Gasteiger partial charge >= 0.3 is 0 Å². The lowest BCUT2D eigenvalue weighted by molar-refractivity contribution is -0.114. The van der Waals surface area contributed by atoms with Crippen molar-refractivity contribution < 1.29 is 9.59 Å². The van der Waals surface area contributed by atoms with Crippen LogP contribution < -0.4 is 4.90 Å². The number of anilines is 1. The third kappa shape index (κ3) is 2.27. The van der Waals surface area contributed by atoms with Crippen LogP contribution in [0.3, 0.4) is 0 Å². The highest BCUT2D eigenvalue weighted by molar-refractivity contribution is 6.52. The van der Waals surface area contributed by atoms with Gasteiger partial charge in [0, 0.05) is 12.4 Å². The molecule has 1 amide bonds. The number of carbonyl (C=O) groups excluding carboxylic acids is 2. The summed E-state index contributed by atoms with van der Waals surface area (Å²) in [4.78, 5) is 25.4. The number of nitrogens with zero attached hydrogens (tertiary/aromatic N) is 1. The Labute approximate surface area is 112 Å². The first kappa shape index (κ1) is 13.1. The lowest BCUT2D eigenvalue weighted by Crippen LogP contribution is -2.31. The Morgan fingerprint density at radius 1 is 1.17 bits per heavy atom. The van der Waals surface area contributed by atoms with Gasteiger partial charge < -0.3 is 4.90 Å². The predicted molar refractivity (Wildman–Crippen MR) is 72.4 cm³/mol. The Kier molecular flexibility index (Phi) is 4.02. The Morgan fingerprint density at radius 2 is 1.94 bits per heavy atom. The maximum Gasteiger partial charge on any atom is 0.299 e. The predicted octanol–water partition coefficient (Wildman–Crippen LogP) is 2.93. The summed E-state index contributed by atoms with van der Waals surface area (Å²) >= 11 is 5.62. The van der Waals surface area contributed by atoms with Crippen LogP contribution in [0.4, 0.5) is 5.69 Å². The monoisotopic (exact) mass is 265 g/mol. The molecule has 0 N–H and O–H groups in total. The first-order chi connectivity index (χ1) is 8.66. The molecule has 0 unspecified atom stereocenters. The maximum atomic E-state index is 11.9. The SMILES string of the molecule is Cc1cccc2c1N(CCCCCCl)C(=O)C2=O. The minimum Gasteiger partial charge on any atom is -0.304 e. The van der Waals surface area contributed by atoms with Gasteiger partial charge in [0.25, 0.3) is 11.7 Å². The smallest absolute Gasteiger partial charge is 0.299 e. The number of aryl methyl sites for hydroxylation is 1. The number of halogens is 1. The van der Waals surface area contributed by atoms with Crippen molar-refractivity contribution in [1.82, 2.24) is 0 Å². The van der Waals surface area contributed by atoms with Crippen LogP contribution in [-0.2, 0) is 4.79 Å². The minimum atomic E-state index is -0.398. The molecule has 0 spiro atoms. The molecule has 18 heavy (non-hydrogen) atoms. The van der Waals surface area contributed by atoms with E-state index in [9.17, 15) is 9.59 Å². The van der Waals surface area contributed by atoms with E-state index in [0.29, 0.717) is 18.0 Å². The van der Waals surface area contributed by atoms with E-state index in [1.807, 2.05) is 19.1 Å². The Balaban J connectivity index is 2.17. The van der Waals surface area contributed by atoms with Gasteiger partial charge in [-0.25, -0.2) is 0 Å². The van der Waals surface area contributed by atoms with Crippen LogP contribution in [0.5, 0.6) is 0 Å². The average molecular weight is 266 g/mol. The van der Waals surface area contributed by atoms with Crippen LogP contribution in [0.1, 0.15) is 35.2 Å². The van der Waals surface area contributed by atoms with Crippen molar-refractivity contribution in [3.8, 4) is 0 Å². The molecule has 3 nitrogen and oxygen atoms in total. The molecular weight excluding hydrogens is 250 g/mol. The molecule has 0 fully saturated rings. The summed E-state index contributed by atoms with van der Waals surface area (Å²) in [5.41, 5.74) is 2.31. The summed E-state index contributed by atoms with van der Waals surface area (Å²) in [6.45, 7) is 2.52. The quantitative estimate of drug-likeness (QED) is 0.466. The van der Waals surface area contributed by atoms with E-state index in [1.54, 1.807) is 11.0 Å². The number of rotatable bonds is 5. The van der Waals surface area contributed by atoms with Crippen molar-refractivity contribution in [3.05, 3.63) is 29.3 Å². The number of unbranched alkanes of at least 4 members (excludes halogenated alkanes) is 2. The van der Waals surface area contributed by atoms with E-state index >= 15 is 0 Å². The first-order valence-corrected chi connectivity index (χ1v) is 6.72. The van der Waals surface area contributed by atoms with Crippen LogP contribution in [0.15, 0.2) is 18.2 Å². The number of fused-ring (bicyclic) bond motifs is 1. The number of benzene rings is 1. The van der Waals surface area contributed by atoms with E-state index in [4.69, 9.17) is 11.6 Å². The van der Waals surface area contributed by atoms with Crippen LogP contribution in [0.25, 0.3) is 0 Å². The number of hydrogen-bond donors (Lipinski definition) is 0. The van der Waals surface area contributed by atoms with Crippen LogP contribution in [0.2, 0.25) is 0 Å². The standard InChI is InChI=1S/C14H16ClNO2/c1-10-6-5-7-11-12(10)16(14(18)13(11)17)9-4-2-3-8-15/h5-7H,2-4,8-9H2,1H3. The zero-order valence-electron chi connectivity index (χ0n) is 10.4. The molecule has 1 aromatic rings. The number of carbonyl (C=O) groups is 2. The molecule has 0 radical (unpaired) electrons. The van der Waals surface area contributed by atoms with Crippen molar-refractivity contribution in [2.45, 2.75) is 26.2 Å². The Hall–Kier alpha value is -1.35. The third-order valence-electron chi connectivity index (χ3n) is 3.21. The number of Topliss-reactive ketones (excluding diaryl/α,β-unsaturated/α-hetero) is 1. The summed E-state index contributed by atoms with van der Waals surface area (Å²) in [6, 6.07) is 5.47. The fourth-order valence-corrected chi connectivity index (χ4v) is 2.48. The van der Waals surface area contributed by atoms with Gasteiger partial charge in [0.2, 0.25) is 0 Å². The molecule has 2 rings (SSSR count). The molecule has 1 aliphatic heterocycles. The summed E-state index contributed by atoms with van der Waals surface area (Å²) in [5, 5.41) is 0. The maximum absolute atomic E-state index is 11.9. The number of para-hydroxylation sites is 1. The van der Waals surface area contributed by atoms with Gasteiger partial charge in [-0.15, -0.1) is 11.6 Å². The third-order valence-corrected chi connectivity index (χ3v) is 3.47.